The summed E-state index contributed by atoms with van der Waals surface area (Å²) in [4.78, 5) is 10.2. The van der Waals surface area contributed by atoms with Crippen molar-refractivity contribution in [2.75, 3.05) is 6.54 Å². The van der Waals surface area contributed by atoms with Crippen molar-refractivity contribution in [1.82, 2.24) is 0 Å². The molecular weight excluding hydrogens is 97.0 g/mol. The third kappa shape index (κ3) is 2.20. The molecule has 0 bridgehead atoms. The predicted molar refractivity (Wildman–Crippen MR) is 27.0 cm³/mol. The van der Waals surface area contributed by atoms with Crippen molar-refractivity contribution in [3.63, 3.8) is 0 Å². The third-order valence-electron chi connectivity index (χ3n) is 0.824. The van der Waals surface area contributed by atoms with Gasteiger partial charge in [0.1, 0.15) is 0 Å². The molecule has 1 aliphatic rings. The van der Waals surface area contributed by atoms with Gasteiger partial charge < -0.3 is 10.1 Å². The second-order valence-corrected chi connectivity index (χ2v) is 1.41. The summed E-state index contributed by atoms with van der Waals surface area (Å²) in [7, 11) is 0. The molecule has 1 heterocycles. The average Bonchev–Trinajstić information content (AvgIpc) is 1.69. The van der Waals surface area contributed by atoms with Gasteiger partial charge in [0, 0.05) is 0 Å². The first kappa shape index (κ1) is 7.81. The maximum absolute atomic E-state index is 10.2. The van der Waals surface area contributed by atoms with Crippen LogP contribution in [-0.4, -0.2) is 12.5 Å². The molecule has 0 aromatic rings. The number of nitrogens with zero attached hydrogens (tertiary/aromatic N) is 1. The third-order valence-corrected chi connectivity index (χ3v) is 0.824. The Morgan fingerprint density at radius 2 is 2.38 bits per heavy atom. The molecule has 3 heteroatoms. The summed E-state index contributed by atoms with van der Waals surface area (Å²) in [5, 5.41) is 3.60. The van der Waals surface area contributed by atoms with Crippen molar-refractivity contribution in [3.05, 3.63) is 17.5 Å². The number of carbonyl (C=O) groups is 1. The summed E-state index contributed by atoms with van der Waals surface area (Å²) in [5.41, 5.74) is 0. The smallest absolute Gasteiger partial charge is 0.649 e. The van der Waals surface area contributed by atoms with Gasteiger partial charge in [-0.1, -0.05) is 12.5 Å². The molecule has 0 unspecified atom stereocenters. The fourth-order valence-electron chi connectivity index (χ4n) is 0.486. The van der Waals surface area contributed by atoms with Gasteiger partial charge in [-0.15, -0.1) is 6.54 Å². The van der Waals surface area contributed by atoms with Crippen molar-refractivity contribution in [2.24, 2.45) is 0 Å². The summed E-state index contributed by atoms with van der Waals surface area (Å²) in [5.74, 6) is -0.0914. The molecule has 0 saturated carbocycles. The molecule has 2 nitrogen and oxygen atoms in total. The molecule has 0 aliphatic carbocycles. The van der Waals surface area contributed by atoms with Crippen LogP contribution in [0.2, 0.25) is 0 Å². The maximum atomic E-state index is 10.2. The Morgan fingerprint density at radius 1 is 1.62 bits per heavy atom. The monoisotopic (exact) mass is 103 g/mol. The van der Waals surface area contributed by atoms with E-state index in [4.69, 9.17) is 0 Å². The second-order valence-electron chi connectivity index (χ2n) is 1.41. The topological polar surface area (TPSA) is 31.2 Å². The van der Waals surface area contributed by atoms with Crippen LogP contribution >= 0.6 is 0 Å². The molecule has 0 aromatic heterocycles. The zero-order valence-corrected chi connectivity index (χ0v) is 4.92. The molecule has 0 atom stereocenters. The standard InChI is InChI=1S/C5H7NO.Li/c7-5-3-1-2-4-6-5;/h1,3H,2,4H2,(H,6,7);/q;+1/p-1. The SMILES string of the molecule is O=C1C=CCC[N-]1.[Li+]. The van der Waals surface area contributed by atoms with Crippen LogP contribution in [0.25, 0.3) is 5.32 Å². The zero-order chi connectivity index (χ0) is 5.11. The Kier molecular flexibility index (Phi) is 3.68. The van der Waals surface area contributed by atoms with E-state index in [0.29, 0.717) is 6.54 Å². The minimum Gasteiger partial charge on any atom is -0.649 e. The van der Waals surface area contributed by atoms with Gasteiger partial charge in [-0.2, -0.15) is 0 Å². The molecule has 38 valence electrons. The zero-order valence-electron chi connectivity index (χ0n) is 4.92. The second kappa shape index (κ2) is 3.77. The van der Waals surface area contributed by atoms with Crippen molar-refractivity contribution < 1.29 is 23.7 Å². The van der Waals surface area contributed by atoms with Gasteiger partial charge in [-0.05, 0) is 6.08 Å². The van der Waals surface area contributed by atoms with E-state index in [2.05, 4.69) is 5.32 Å². The molecule has 1 amide bonds. The number of carbonyl (C=O) groups excluding carboxylic acids is 1. The van der Waals surface area contributed by atoms with E-state index in [-0.39, 0.29) is 24.8 Å². The maximum Gasteiger partial charge on any atom is 1.00 e. The molecule has 1 rings (SSSR count). The largest absolute Gasteiger partial charge is 1.00 e. The van der Waals surface area contributed by atoms with Crippen LogP contribution in [-0.2, 0) is 4.79 Å². The Morgan fingerprint density at radius 3 is 2.62 bits per heavy atom. The van der Waals surface area contributed by atoms with Crippen LogP contribution in [0.15, 0.2) is 12.2 Å². The summed E-state index contributed by atoms with van der Waals surface area (Å²) in [6, 6.07) is 0. The van der Waals surface area contributed by atoms with Crippen LogP contribution in [0.4, 0.5) is 0 Å². The minimum atomic E-state index is -0.0914. The van der Waals surface area contributed by atoms with Crippen molar-refractivity contribution in [3.8, 4) is 0 Å². The van der Waals surface area contributed by atoms with Crippen LogP contribution in [0.1, 0.15) is 6.42 Å². The average molecular weight is 103 g/mol. The van der Waals surface area contributed by atoms with E-state index in [9.17, 15) is 4.79 Å². The van der Waals surface area contributed by atoms with Gasteiger partial charge in [0.25, 0.3) is 0 Å². The van der Waals surface area contributed by atoms with Gasteiger partial charge in [-0.25, -0.2) is 0 Å². The van der Waals surface area contributed by atoms with E-state index < -0.39 is 0 Å². The van der Waals surface area contributed by atoms with Gasteiger partial charge in [0.05, 0.1) is 5.91 Å². The van der Waals surface area contributed by atoms with Gasteiger partial charge in [0.15, 0.2) is 0 Å². The molecule has 0 radical (unpaired) electrons. The van der Waals surface area contributed by atoms with E-state index in [1.807, 2.05) is 6.08 Å². The first-order chi connectivity index (χ1) is 3.39. The van der Waals surface area contributed by atoms with Crippen molar-refractivity contribution >= 4 is 5.91 Å². The first-order valence-electron chi connectivity index (χ1n) is 2.27. The Labute approximate surface area is 60.5 Å². The van der Waals surface area contributed by atoms with Crippen molar-refractivity contribution in [2.45, 2.75) is 6.42 Å². The van der Waals surface area contributed by atoms with Crippen LogP contribution < -0.4 is 18.9 Å². The summed E-state index contributed by atoms with van der Waals surface area (Å²) in [6.45, 7) is 0.676. The Hall–Kier alpha value is -0.193. The van der Waals surface area contributed by atoms with Gasteiger partial charge >= 0.3 is 18.9 Å². The van der Waals surface area contributed by atoms with E-state index in [0.717, 1.165) is 6.42 Å². The van der Waals surface area contributed by atoms with Crippen molar-refractivity contribution in [1.29, 1.82) is 0 Å². The quantitative estimate of drug-likeness (QED) is 0.321. The number of hydrogen-bond acceptors (Lipinski definition) is 1. The molecule has 0 fully saturated rings. The fourth-order valence-corrected chi connectivity index (χ4v) is 0.486. The molecule has 0 aromatic carbocycles. The Bertz CT molecular complexity index is 111. The molecule has 0 saturated heterocycles. The normalized spacial score (nSPS) is 16.8. The minimum absolute atomic E-state index is 0. The summed E-state index contributed by atoms with van der Waals surface area (Å²) < 4.78 is 0. The molecular formula is C5H6LiNO. The first-order valence-corrected chi connectivity index (χ1v) is 2.27. The summed E-state index contributed by atoms with van der Waals surface area (Å²) >= 11 is 0. The summed E-state index contributed by atoms with van der Waals surface area (Å²) in [6.07, 6.45) is 4.27. The molecule has 0 spiro atoms. The molecule has 8 heavy (non-hydrogen) atoms. The fraction of sp³-hybridized carbons (Fsp3) is 0.400. The van der Waals surface area contributed by atoms with Gasteiger partial charge in [0.2, 0.25) is 0 Å². The van der Waals surface area contributed by atoms with Crippen LogP contribution in [0.5, 0.6) is 0 Å². The molecule has 0 N–H and O–H groups in total. The molecule has 1 aliphatic heterocycles. The van der Waals surface area contributed by atoms with E-state index >= 15 is 0 Å². The van der Waals surface area contributed by atoms with Crippen LogP contribution in [0, 0.1) is 0 Å². The van der Waals surface area contributed by atoms with E-state index in [1.165, 1.54) is 6.08 Å². The predicted octanol–water partition coefficient (Wildman–Crippen LogP) is -2.15. The van der Waals surface area contributed by atoms with Crippen LogP contribution in [0.3, 0.4) is 0 Å². The van der Waals surface area contributed by atoms with E-state index in [1.54, 1.807) is 0 Å². The number of amides is 1. The number of hydrogen-bond donors (Lipinski definition) is 0. The Balaban J connectivity index is 0.000000490. The van der Waals surface area contributed by atoms with Gasteiger partial charge in [-0.3, -0.25) is 0 Å². The number of rotatable bonds is 0.